The molecule has 29 heavy (non-hydrogen) atoms. The number of carboxylic acid groups (broad SMARTS) is 1. The topological polar surface area (TPSA) is 88.0 Å². The van der Waals surface area contributed by atoms with Crippen molar-refractivity contribution in [1.29, 1.82) is 0 Å². The van der Waals surface area contributed by atoms with Crippen LogP contribution in [0.5, 0.6) is 0 Å². The second kappa shape index (κ2) is 10.0. The van der Waals surface area contributed by atoms with Gasteiger partial charge in [0.1, 0.15) is 16.2 Å². The molecular formula is C19H14BrClN4O2S2. The van der Waals surface area contributed by atoms with Gasteiger partial charge in [0.15, 0.2) is 5.13 Å². The molecule has 6 nitrogen and oxygen atoms in total. The standard InChI is InChI=1S/C18H11BrN4O2S2.CH3Cl/c19-11-8-14(26-12-4-1-3-10(7-12)17(24)25)15(21-9-11)23-18-22-13-5-2-6-20-16(13)27-18;1-2/h1-9H,(H,24,25)(H,21,22,23);1H3. The van der Waals surface area contributed by atoms with E-state index in [4.69, 9.17) is 0 Å². The third-order valence-corrected chi connectivity index (χ3v) is 5.87. The number of carbonyl (C=O) groups is 1. The second-order valence-electron chi connectivity index (χ2n) is 5.41. The Labute approximate surface area is 188 Å². The van der Waals surface area contributed by atoms with Crippen LogP contribution >= 0.6 is 50.6 Å². The van der Waals surface area contributed by atoms with Gasteiger partial charge in [-0.1, -0.05) is 29.2 Å². The number of alkyl halides is 1. The predicted molar refractivity (Wildman–Crippen MR) is 122 cm³/mol. The maximum atomic E-state index is 11.2. The highest BCUT2D eigenvalue weighted by Crippen LogP contribution is 2.36. The molecule has 148 valence electrons. The number of rotatable bonds is 5. The summed E-state index contributed by atoms with van der Waals surface area (Å²) in [6.07, 6.45) is 4.91. The fourth-order valence-electron chi connectivity index (χ4n) is 2.34. The molecular weight excluding hydrogens is 496 g/mol. The third kappa shape index (κ3) is 5.45. The van der Waals surface area contributed by atoms with Crippen molar-refractivity contribution in [3.8, 4) is 0 Å². The highest BCUT2D eigenvalue weighted by molar-refractivity contribution is 9.10. The number of aromatic carboxylic acids is 1. The zero-order valence-corrected chi connectivity index (χ0v) is 18.9. The van der Waals surface area contributed by atoms with Gasteiger partial charge in [0.2, 0.25) is 0 Å². The molecule has 0 aliphatic carbocycles. The van der Waals surface area contributed by atoms with Crippen LogP contribution in [0.15, 0.2) is 69.1 Å². The van der Waals surface area contributed by atoms with Crippen LogP contribution in [0.1, 0.15) is 10.4 Å². The molecule has 0 amide bonds. The minimum absolute atomic E-state index is 0.245. The Hall–Kier alpha value is -2.20. The van der Waals surface area contributed by atoms with Gasteiger partial charge in [0, 0.05) is 28.1 Å². The number of hydrogen-bond acceptors (Lipinski definition) is 7. The Kier molecular flexibility index (Phi) is 7.43. The first-order chi connectivity index (χ1) is 14.1. The fraction of sp³-hybridized carbons (Fsp3) is 0.0526. The molecule has 1 aromatic carbocycles. The third-order valence-electron chi connectivity index (χ3n) is 3.52. The van der Waals surface area contributed by atoms with Crippen LogP contribution in [0.2, 0.25) is 0 Å². The maximum Gasteiger partial charge on any atom is 0.335 e. The van der Waals surface area contributed by atoms with Crippen molar-refractivity contribution in [2.75, 3.05) is 11.7 Å². The maximum absolute atomic E-state index is 11.2. The molecule has 0 saturated heterocycles. The summed E-state index contributed by atoms with van der Waals surface area (Å²) in [4.78, 5) is 27.0. The van der Waals surface area contributed by atoms with E-state index in [1.807, 2.05) is 24.3 Å². The number of halogens is 2. The van der Waals surface area contributed by atoms with Crippen LogP contribution < -0.4 is 5.32 Å². The Morgan fingerprint density at radius 1 is 1.21 bits per heavy atom. The van der Waals surface area contributed by atoms with Crippen molar-refractivity contribution in [3.63, 3.8) is 0 Å². The van der Waals surface area contributed by atoms with Crippen LogP contribution in [0, 0.1) is 0 Å². The van der Waals surface area contributed by atoms with Crippen LogP contribution in [0.4, 0.5) is 10.9 Å². The molecule has 10 heteroatoms. The van der Waals surface area contributed by atoms with Gasteiger partial charge < -0.3 is 10.4 Å². The molecule has 0 aliphatic heterocycles. The summed E-state index contributed by atoms with van der Waals surface area (Å²) >= 11 is 11.0. The molecule has 3 aromatic heterocycles. The van der Waals surface area contributed by atoms with Crippen molar-refractivity contribution >= 4 is 77.9 Å². The molecule has 0 aliphatic rings. The average Bonchev–Trinajstić information content (AvgIpc) is 3.14. The molecule has 0 atom stereocenters. The lowest BCUT2D eigenvalue weighted by Gasteiger charge is -2.09. The fourth-order valence-corrected chi connectivity index (χ4v) is 4.60. The molecule has 3 heterocycles. The number of nitrogens with one attached hydrogen (secondary N) is 1. The van der Waals surface area contributed by atoms with E-state index in [9.17, 15) is 9.90 Å². The van der Waals surface area contributed by atoms with Crippen LogP contribution in [0.3, 0.4) is 0 Å². The predicted octanol–water partition coefficient (Wildman–Crippen LogP) is 6.30. The van der Waals surface area contributed by atoms with Gasteiger partial charge in [-0.2, -0.15) is 0 Å². The number of carboxylic acids is 1. The first-order valence-electron chi connectivity index (χ1n) is 8.11. The van der Waals surface area contributed by atoms with E-state index >= 15 is 0 Å². The quantitative estimate of drug-likeness (QED) is 0.305. The van der Waals surface area contributed by atoms with Crippen molar-refractivity contribution in [2.45, 2.75) is 9.79 Å². The van der Waals surface area contributed by atoms with E-state index in [-0.39, 0.29) is 5.56 Å². The number of hydrogen-bond donors (Lipinski definition) is 2. The monoisotopic (exact) mass is 508 g/mol. The van der Waals surface area contributed by atoms with E-state index in [1.165, 1.54) is 29.5 Å². The van der Waals surface area contributed by atoms with Gasteiger partial charge in [0.05, 0.1) is 10.5 Å². The lowest BCUT2D eigenvalue weighted by molar-refractivity contribution is 0.0696. The minimum atomic E-state index is -0.954. The molecule has 4 aromatic rings. The van der Waals surface area contributed by atoms with Gasteiger partial charge >= 0.3 is 5.97 Å². The summed E-state index contributed by atoms with van der Waals surface area (Å²) in [5, 5.41) is 13.1. The molecule has 0 bridgehead atoms. The molecule has 2 N–H and O–H groups in total. The Morgan fingerprint density at radius 2 is 2.03 bits per heavy atom. The van der Waals surface area contributed by atoms with Crippen molar-refractivity contribution in [3.05, 3.63) is 64.9 Å². The minimum Gasteiger partial charge on any atom is -0.478 e. The number of aromatic nitrogens is 3. The van der Waals surface area contributed by atoms with Crippen LogP contribution in [-0.2, 0) is 0 Å². The summed E-state index contributed by atoms with van der Waals surface area (Å²) in [5.41, 5.74) is 1.07. The van der Waals surface area contributed by atoms with Gasteiger partial charge in [0.25, 0.3) is 0 Å². The smallest absolute Gasteiger partial charge is 0.335 e. The number of nitrogens with zero attached hydrogens (tertiary/aromatic N) is 3. The van der Waals surface area contributed by atoms with E-state index in [0.29, 0.717) is 10.9 Å². The van der Waals surface area contributed by atoms with Crippen LogP contribution in [-0.4, -0.2) is 32.4 Å². The van der Waals surface area contributed by atoms with Crippen molar-refractivity contribution < 1.29 is 9.90 Å². The highest BCUT2D eigenvalue weighted by atomic mass is 79.9. The van der Waals surface area contributed by atoms with E-state index < -0.39 is 5.97 Å². The van der Waals surface area contributed by atoms with Crippen molar-refractivity contribution in [1.82, 2.24) is 15.0 Å². The zero-order chi connectivity index (χ0) is 20.8. The lowest BCUT2D eigenvalue weighted by atomic mass is 10.2. The molecule has 0 fully saturated rings. The molecule has 0 saturated carbocycles. The molecule has 0 unspecified atom stereocenters. The first-order valence-corrected chi connectivity index (χ1v) is 11.3. The van der Waals surface area contributed by atoms with Crippen LogP contribution in [0.25, 0.3) is 10.3 Å². The number of benzene rings is 1. The Bertz CT molecular complexity index is 1120. The van der Waals surface area contributed by atoms with Crippen molar-refractivity contribution in [2.24, 2.45) is 0 Å². The zero-order valence-electron chi connectivity index (χ0n) is 15.0. The second-order valence-corrected chi connectivity index (χ2v) is 8.42. The largest absolute Gasteiger partial charge is 0.478 e. The number of anilines is 2. The highest BCUT2D eigenvalue weighted by Gasteiger charge is 2.12. The summed E-state index contributed by atoms with van der Waals surface area (Å²) in [6, 6.07) is 12.5. The van der Waals surface area contributed by atoms with Gasteiger partial charge in [-0.05, 0) is 52.3 Å². The Balaban J connectivity index is 0.00000117. The molecule has 0 spiro atoms. The average molecular weight is 510 g/mol. The summed E-state index contributed by atoms with van der Waals surface area (Å²) in [7, 11) is 0. The van der Waals surface area contributed by atoms with E-state index in [2.05, 4.69) is 47.8 Å². The number of pyridine rings is 2. The van der Waals surface area contributed by atoms with E-state index in [1.54, 1.807) is 30.6 Å². The summed E-state index contributed by atoms with van der Waals surface area (Å²) < 4.78 is 0.830. The van der Waals surface area contributed by atoms with E-state index in [0.717, 1.165) is 24.6 Å². The molecule has 4 rings (SSSR count). The summed E-state index contributed by atoms with van der Waals surface area (Å²) in [6.45, 7) is 0. The van der Waals surface area contributed by atoms with Gasteiger partial charge in [-0.15, -0.1) is 11.6 Å². The normalized spacial score (nSPS) is 10.3. The molecule has 0 radical (unpaired) electrons. The Morgan fingerprint density at radius 3 is 2.79 bits per heavy atom. The summed E-state index contributed by atoms with van der Waals surface area (Å²) in [5.74, 6) is -0.312. The lowest BCUT2D eigenvalue weighted by Crippen LogP contribution is -1.97. The SMILES string of the molecule is CCl.O=C(O)c1cccc(Sc2cc(Br)cnc2Nc2nc3cccnc3s2)c1. The first kappa shape index (κ1) is 21.5. The van der Waals surface area contributed by atoms with Gasteiger partial charge in [-0.3, -0.25) is 0 Å². The van der Waals surface area contributed by atoms with Gasteiger partial charge in [-0.25, -0.2) is 19.7 Å². The number of fused-ring (bicyclic) bond motifs is 1. The number of thiazole rings is 1.